The van der Waals surface area contributed by atoms with Crippen molar-refractivity contribution in [2.24, 2.45) is 0 Å². The molecule has 1 N–H and O–H groups in total. The van der Waals surface area contributed by atoms with Crippen LogP contribution in [0.1, 0.15) is 11.3 Å². The highest BCUT2D eigenvalue weighted by Gasteiger charge is 2.39. The van der Waals surface area contributed by atoms with Crippen LogP contribution in [0.25, 0.3) is 5.57 Å². The van der Waals surface area contributed by atoms with E-state index in [1.165, 1.54) is 16.7 Å². The van der Waals surface area contributed by atoms with Gasteiger partial charge in [-0.05, 0) is 29.8 Å². The number of nitrogens with zero attached hydrogens (tertiary/aromatic N) is 2. The second-order valence-electron chi connectivity index (χ2n) is 5.30. The number of pyridine rings is 1. The van der Waals surface area contributed by atoms with Gasteiger partial charge in [0.05, 0.1) is 29.3 Å². The second-order valence-corrected chi connectivity index (χ2v) is 6.84. The maximum absolute atomic E-state index is 12.9. The summed E-state index contributed by atoms with van der Waals surface area (Å²) in [7, 11) is 0. The van der Waals surface area contributed by atoms with Gasteiger partial charge in [-0.3, -0.25) is 19.5 Å². The quantitative estimate of drug-likeness (QED) is 0.787. The van der Waals surface area contributed by atoms with Crippen molar-refractivity contribution in [3.05, 3.63) is 69.8 Å². The van der Waals surface area contributed by atoms with Crippen LogP contribution < -0.4 is 0 Å². The second kappa shape index (κ2) is 7.82. The lowest BCUT2D eigenvalue weighted by atomic mass is 10.1. The molecule has 1 aliphatic rings. The summed E-state index contributed by atoms with van der Waals surface area (Å²) in [6, 6.07) is 12.1. The lowest BCUT2D eigenvalue weighted by molar-refractivity contribution is -0.137. The van der Waals surface area contributed by atoms with Gasteiger partial charge < -0.3 is 5.11 Å². The Labute approximate surface area is 154 Å². The Morgan fingerprint density at radius 3 is 2.48 bits per heavy atom. The van der Waals surface area contributed by atoms with Gasteiger partial charge in [0.15, 0.2) is 0 Å². The van der Waals surface area contributed by atoms with Crippen LogP contribution in [0.15, 0.2) is 53.6 Å². The number of aromatic nitrogens is 1. The van der Waals surface area contributed by atoms with Crippen molar-refractivity contribution in [2.75, 3.05) is 12.4 Å². The van der Waals surface area contributed by atoms with Gasteiger partial charge in [0, 0.05) is 17.0 Å². The highest BCUT2D eigenvalue weighted by atomic mass is 35.5. The standard InChI is InChI=1S/C18H15ClN2O3S/c19-13-6-4-12(5-7-13)15-16(25-10-9-22)18(24)21(17(15)23)11-14-3-1-2-8-20-14/h1-8,22H,9-11H2. The van der Waals surface area contributed by atoms with Crippen LogP contribution in [0.4, 0.5) is 0 Å². The van der Waals surface area contributed by atoms with Gasteiger partial charge >= 0.3 is 0 Å². The Morgan fingerprint density at radius 2 is 1.84 bits per heavy atom. The van der Waals surface area contributed by atoms with Crippen LogP contribution in [-0.2, 0) is 16.1 Å². The van der Waals surface area contributed by atoms with E-state index in [9.17, 15) is 9.59 Å². The molecule has 128 valence electrons. The molecule has 3 rings (SSSR count). The average molecular weight is 375 g/mol. The summed E-state index contributed by atoms with van der Waals surface area (Å²) in [5, 5.41) is 9.64. The molecule has 2 heterocycles. The third-order valence-corrected chi connectivity index (χ3v) is 4.95. The minimum absolute atomic E-state index is 0.0796. The fraction of sp³-hybridized carbons (Fsp3) is 0.167. The number of rotatable bonds is 6. The lowest BCUT2D eigenvalue weighted by Gasteiger charge is -2.14. The first-order chi connectivity index (χ1) is 12.1. The molecular formula is C18H15ClN2O3S. The van der Waals surface area contributed by atoms with Crippen LogP contribution in [0.2, 0.25) is 5.02 Å². The molecule has 0 bridgehead atoms. The largest absolute Gasteiger partial charge is 0.396 e. The Bertz CT molecular complexity index is 822. The molecule has 0 atom stereocenters. The molecule has 0 saturated heterocycles. The normalized spacial score (nSPS) is 14.6. The number of halogens is 1. The molecule has 5 nitrogen and oxygen atoms in total. The van der Waals surface area contributed by atoms with Crippen molar-refractivity contribution >= 4 is 40.8 Å². The summed E-state index contributed by atoms with van der Waals surface area (Å²) in [6.07, 6.45) is 1.62. The smallest absolute Gasteiger partial charge is 0.268 e. The number of carbonyl (C=O) groups excluding carboxylic acids is 2. The number of aliphatic hydroxyl groups is 1. The third kappa shape index (κ3) is 3.76. The van der Waals surface area contributed by atoms with Crippen molar-refractivity contribution < 1.29 is 14.7 Å². The maximum atomic E-state index is 12.9. The van der Waals surface area contributed by atoms with Gasteiger partial charge in [-0.1, -0.05) is 29.8 Å². The van der Waals surface area contributed by atoms with Crippen LogP contribution in [0, 0.1) is 0 Å². The van der Waals surface area contributed by atoms with E-state index in [1.807, 2.05) is 6.07 Å². The van der Waals surface area contributed by atoms with Gasteiger partial charge in [0.2, 0.25) is 0 Å². The molecule has 2 aromatic rings. The predicted molar refractivity (Wildman–Crippen MR) is 97.7 cm³/mol. The molecular weight excluding hydrogens is 360 g/mol. The highest BCUT2D eigenvalue weighted by molar-refractivity contribution is 8.04. The van der Waals surface area contributed by atoms with E-state index in [4.69, 9.17) is 16.7 Å². The van der Waals surface area contributed by atoms with E-state index in [0.717, 1.165) is 0 Å². The summed E-state index contributed by atoms with van der Waals surface area (Å²) in [5.41, 5.74) is 1.61. The monoisotopic (exact) mass is 374 g/mol. The number of amides is 2. The van der Waals surface area contributed by atoms with Gasteiger partial charge in [0.1, 0.15) is 0 Å². The number of imide groups is 1. The highest BCUT2D eigenvalue weighted by Crippen LogP contribution is 2.36. The van der Waals surface area contributed by atoms with Crippen molar-refractivity contribution in [3.8, 4) is 0 Å². The van der Waals surface area contributed by atoms with Crippen LogP contribution in [0.3, 0.4) is 0 Å². The van der Waals surface area contributed by atoms with Crippen LogP contribution in [-0.4, -0.2) is 39.2 Å². The fourth-order valence-electron chi connectivity index (χ4n) is 2.50. The summed E-state index contributed by atoms with van der Waals surface area (Å²) in [4.78, 5) is 31.4. The Balaban J connectivity index is 1.96. The first-order valence-corrected chi connectivity index (χ1v) is 8.98. The third-order valence-electron chi connectivity index (χ3n) is 3.64. The molecule has 0 unspecified atom stereocenters. The molecule has 1 aliphatic heterocycles. The number of aliphatic hydroxyl groups excluding tert-OH is 1. The molecule has 0 saturated carbocycles. The number of benzene rings is 1. The number of carbonyl (C=O) groups is 2. The summed E-state index contributed by atoms with van der Waals surface area (Å²) >= 11 is 7.10. The SMILES string of the molecule is O=C1C(SCCO)=C(c2ccc(Cl)cc2)C(=O)N1Cc1ccccn1. The van der Waals surface area contributed by atoms with Crippen LogP contribution in [0.5, 0.6) is 0 Å². The molecule has 0 aliphatic carbocycles. The number of hydrogen-bond acceptors (Lipinski definition) is 5. The lowest BCUT2D eigenvalue weighted by Crippen LogP contribution is -2.31. The van der Waals surface area contributed by atoms with E-state index in [1.54, 1.807) is 42.6 Å². The predicted octanol–water partition coefficient (Wildman–Crippen LogP) is 2.74. The minimum Gasteiger partial charge on any atom is -0.396 e. The van der Waals surface area contributed by atoms with E-state index in [0.29, 0.717) is 32.5 Å². The molecule has 25 heavy (non-hydrogen) atoms. The molecule has 7 heteroatoms. The maximum Gasteiger partial charge on any atom is 0.268 e. The van der Waals surface area contributed by atoms with E-state index in [-0.39, 0.29) is 25.0 Å². The van der Waals surface area contributed by atoms with Gasteiger partial charge in [-0.15, -0.1) is 11.8 Å². The zero-order valence-corrected chi connectivity index (χ0v) is 14.8. The first-order valence-electron chi connectivity index (χ1n) is 7.62. The zero-order valence-electron chi connectivity index (χ0n) is 13.2. The average Bonchev–Trinajstić information content (AvgIpc) is 2.86. The van der Waals surface area contributed by atoms with Crippen molar-refractivity contribution in [1.29, 1.82) is 0 Å². The van der Waals surface area contributed by atoms with Gasteiger partial charge in [-0.2, -0.15) is 0 Å². The Hall–Kier alpha value is -2.15. The van der Waals surface area contributed by atoms with E-state index in [2.05, 4.69) is 4.98 Å². The van der Waals surface area contributed by atoms with E-state index >= 15 is 0 Å². The topological polar surface area (TPSA) is 70.5 Å². The molecule has 0 spiro atoms. The minimum atomic E-state index is -0.363. The summed E-state index contributed by atoms with van der Waals surface area (Å²) < 4.78 is 0. The van der Waals surface area contributed by atoms with Gasteiger partial charge in [0.25, 0.3) is 11.8 Å². The molecule has 2 amide bonds. The fourth-order valence-corrected chi connectivity index (χ4v) is 3.51. The Morgan fingerprint density at radius 1 is 1.08 bits per heavy atom. The number of thioether (sulfide) groups is 1. The molecule has 0 fully saturated rings. The van der Waals surface area contributed by atoms with Crippen molar-refractivity contribution in [2.45, 2.75) is 6.54 Å². The van der Waals surface area contributed by atoms with Gasteiger partial charge in [-0.25, -0.2) is 0 Å². The summed E-state index contributed by atoms with van der Waals surface area (Å²) in [5.74, 6) is -0.388. The Kier molecular flexibility index (Phi) is 5.53. The first kappa shape index (κ1) is 17.7. The zero-order chi connectivity index (χ0) is 17.8. The van der Waals surface area contributed by atoms with Crippen molar-refractivity contribution in [1.82, 2.24) is 9.88 Å². The van der Waals surface area contributed by atoms with Crippen molar-refractivity contribution in [3.63, 3.8) is 0 Å². The summed E-state index contributed by atoms with van der Waals surface area (Å²) in [6.45, 7) is 0.0303. The molecule has 1 aromatic carbocycles. The molecule has 1 aromatic heterocycles. The molecule has 0 radical (unpaired) electrons. The van der Waals surface area contributed by atoms with Crippen LogP contribution >= 0.6 is 23.4 Å². The van der Waals surface area contributed by atoms with E-state index < -0.39 is 0 Å². The number of hydrogen-bond donors (Lipinski definition) is 1.